The zero-order valence-corrected chi connectivity index (χ0v) is 13.0. The van der Waals surface area contributed by atoms with Crippen LogP contribution in [0.3, 0.4) is 0 Å². The molecule has 8 heteroatoms. The van der Waals surface area contributed by atoms with Crippen LogP contribution in [0.1, 0.15) is 0 Å². The summed E-state index contributed by atoms with van der Waals surface area (Å²) in [7, 11) is -5.63. The molecule has 2 aromatic rings. The first-order valence-corrected chi connectivity index (χ1v) is 6.12. The Morgan fingerprint density at radius 3 is 2.47 bits per heavy atom. The quantitative estimate of drug-likeness (QED) is 0.468. The van der Waals surface area contributed by atoms with Crippen molar-refractivity contribution in [3.63, 3.8) is 0 Å². The topological polar surface area (TPSA) is 43.4 Å². The molecule has 0 saturated carbocycles. The molecule has 0 aromatic heterocycles. The van der Waals surface area contributed by atoms with Crippen LogP contribution in [0.5, 0.6) is 5.75 Å². The van der Waals surface area contributed by atoms with Crippen molar-refractivity contribution in [2.75, 3.05) is 0 Å². The second kappa shape index (κ2) is 5.77. The van der Waals surface area contributed by atoms with E-state index in [-0.39, 0.29) is 32.7 Å². The number of benzene rings is 2. The number of hydrogen-bond donors (Lipinski definition) is 0. The van der Waals surface area contributed by atoms with Crippen molar-refractivity contribution in [3.8, 4) is 5.75 Å². The molecule has 0 N–H and O–H groups in total. The van der Waals surface area contributed by atoms with E-state index in [1.54, 1.807) is 18.2 Å². The summed E-state index contributed by atoms with van der Waals surface area (Å²) >= 11 is 0. The van der Waals surface area contributed by atoms with Crippen LogP contribution in [-0.4, -0.2) is 13.9 Å². The molecule has 0 saturated heterocycles. The maximum atomic E-state index is 12.1. The summed E-state index contributed by atoms with van der Waals surface area (Å²) in [5.74, 6) is -0.401. The molecule has 2 aromatic carbocycles. The van der Waals surface area contributed by atoms with Gasteiger partial charge in [0.15, 0.2) is 0 Å². The minimum atomic E-state index is -5.63. The molecule has 0 bridgehead atoms. The van der Waals surface area contributed by atoms with Gasteiger partial charge in [-0.05, 0) is 6.07 Å². The fraction of sp³-hybridized carbons (Fsp3) is 0.0909. The summed E-state index contributed by atoms with van der Waals surface area (Å²) in [5.41, 5.74) is -5.44. The van der Waals surface area contributed by atoms with Gasteiger partial charge in [0.05, 0.1) is 0 Å². The maximum absolute atomic E-state index is 12.1. The summed E-state index contributed by atoms with van der Waals surface area (Å²) in [6.45, 7) is 0. The Bertz CT molecular complexity index is 683. The molecule has 0 aliphatic heterocycles. The number of hydrogen-bond acceptors (Lipinski definition) is 3. The number of rotatable bonds is 2. The van der Waals surface area contributed by atoms with Crippen LogP contribution < -0.4 is 4.18 Å². The third kappa shape index (κ3) is 3.67. The van der Waals surface area contributed by atoms with E-state index in [1.807, 2.05) is 0 Å². The van der Waals surface area contributed by atoms with E-state index in [9.17, 15) is 21.6 Å². The molecule has 1 radical (unpaired) electrons. The molecule has 0 aliphatic carbocycles. The average molecular weight is 364 g/mol. The van der Waals surface area contributed by atoms with Gasteiger partial charge in [0.1, 0.15) is 5.75 Å². The Kier molecular flexibility index (Phi) is 4.98. The van der Waals surface area contributed by atoms with Crippen LogP contribution in [0.2, 0.25) is 0 Å². The van der Waals surface area contributed by atoms with Crippen molar-refractivity contribution in [2.45, 2.75) is 5.51 Å². The number of alkyl halides is 3. The minimum Gasteiger partial charge on any atom is -0.386 e. The molecule has 0 atom stereocenters. The Morgan fingerprint density at radius 2 is 1.84 bits per heavy atom. The van der Waals surface area contributed by atoms with Crippen molar-refractivity contribution in [1.82, 2.24) is 0 Å². The first-order valence-electron chi connectivity index (χ1n) is 4.71. The van der Waals surface area contributed by atoms with Crippen LogP contribution in [0.4, 0.5) is 13.2 Å². The Hall–Kier alpha value is -0.656. The van der Waals surface area contributed by atoms with Crippen molar-refractivity contribution in [3.05, 3.63) is 42.5 Å². The molecule has 99 valence electrons. The summed E-state index contributed by atoms with van der Waals surface area (Å²) in [5, 5.41) is 1.18. The molecule has 0 spiro atoms. The van der Waals surface area contributed by atoms with Crippen LogP contribution in [-0.2, 0) is 42.8 Å². The van der Waals surface area contributed by atoms with E-state index in [0.29, 0.717) is 10.8 Å². The largest absolute Gasteiger partial charge is 0.534 e. The van der Waals surface area contributed by atoms with Gasteiger partial charge in [-0.3, -0.25) is 0 Å². The Labute approximate surface area is 132 Å². The molecule has 0 amide bonds. The fourth-order valence-electron chi connectivity index (χ4n) is 1.32. The van der Waals surface area contributed by atoms with Gasteiger partial charge < -0.3 is 4.18 Å². The van der Waals surface area contributed by atoms with Crippen LogP contribution in [0, 0.1) is 6.07 Å². The van der Waals surface area contributed by atoms with E-state index in [4.69, 9.17) is 0 Å². The zero-order valence-electron chi connectivity index (χ0n) is 9.31. The monoisotopic (exact) mass is 364 g/mol. The molecule has 0 unspecified atom stereocenters. The van der Waals surface area contributed by atoms with Gasteiger partial charge in [0, 0.05) is 32.7 Å². The Morgan fingerprint density at radius 1 is 1.16 bits per heavy atom. The number of fused-ring (bicyclic) bond motifs is 1. The Balaban J connectivity index is 0.00000180. The summed E-state index contributed by atoms with van der Waals surface area (Å²) < 4.78 is 61.9. The molecule has 0 heterocycles. The average Bonchev–Trinajstić information content (AvgIpc) is 2.27. The van der Waals surface area contributed by atoms with Gasteiger partial charge in [0.25, 0.3) is 0 Å². The van der Waals surface area contributed by atoms with E-state index in [1.165, 1.54) is 12.1 Å². The molecule has 3 nitrogen and oxygen atoms in total. The SMILES string of the molecule is O=S(=O)(Oc1ccc2ccc[c-]c2c1)C(F)(F)F.[Y]. The normalized spacial score (nSPS) is 11.9. The van der Waals surface area contributed by atoms with Gasteiger partial charge in [0.2, 0.25) is 0 Å². The van der Waals surface area contributed by atoms with Gasteiger partial charge in [-0.25, -0.2) is 0 Å². The molecule has 0 aliphatic rings. The van der Waals surface area contributed by atoms with Crippen molar-refractivity contribution in [1.29, 1.82) is 0 Å². The predicted molar refractivity (Wildman–Crippen MR) is 58.4 cm³/mol. The molecule has 19 heavy (non-hydrogen) atoms. The molecular weight excluding hydrogens is 358 g/mol. The standard InChI is InChI=1S/C11H6F3O3S.Y/c12-11(13,14)18(15,16)17-10-6-5-8-3-1-2-4-9(8)7-10;/h1-3,5-7H;/q-1;. The third-order valence-electron chi connectivity index (χ3n) is 2.13. The van der Waals surface area contributed by atoms with E-state index >= 15 is 0 Å². The maximum Gasteiger partial charge on any atom is 0.534 e. The number of halogens is 3. The fourth-order valence-corrected chi connectivity index (χ4v) is 1.77. The van der Waals surface area contributed by atoms with Gasteiger partial charge in [-0.1, -0.05) is 12.1 Å². The third-order valence-corrected chi connectivity index (χ3v) is 3.10. The molecular formula is C11H6F3O3SY-. The van der Waals surface area contributed by atoms with Crippen molar-refractivity contribution in [2.24, 2.45) is 0 Å². The summed E-state index contributed by atoms with van der Waals surface area (Å²) in [6.07, 6.45) is 0. The van der Waals surface area contributed by atoms with E-state index in [2.05, 4.69) is 10.2 Å². The van der Waals surface area contributed by atoms with Crippen LogP contribution in [0.15, 0.2) is 36.4 Å². The van der Waals surface area contributed by atoms with Gasteiger partial charge in [-0.15, -0.1) is 35.0 Å². The van der Waals surface area contributed by atoms with E-state index in [0.717, 1.165) is 6.07 Å². The zero-order chi connectivity index (χ0) is 13.4. The van der Waals surface area contributed by atoms with Crippen LogP contribution >= 0.6 is 0 Å². The van der Waals surface area contributed by atoms with Crippen LogP contribution in [0.25, 0.3) is 10.8 Å². The smallest absolute Gasteiger partial charge is 0.386 e. The second-order valence-electron chi connectivity index (χ2n) is 3.40. The molecule has 2 rings (SSSR count). The van der Waals surface area contributed by atoms with Gasteiger partial charge >= 0.3 is 15.6 Å². The minimum absolute atomic E-state index is 0. The van der Waals surface area contributed by atoms with E-state index < -0.39 is 21.4 Å². The van der Waals surface area contributed by atoms with Gasteiger partial charge in [-0.2, -0.15) is 21.6 Å². The predicted octanol–water partition coefficient (Wildman–Crippen LogP) is 2.87. The molecule has 0 fully saturated rings. The van der Waals surface area contributed by atoms with Crippen molar-refractivity contribution < 1.29 is 58.5 Å². The van der Waals surface area contributed by atoms with Crippen molar-refractivity contribution >= 4 is 20.9 Å². The first kappa shape index (κ1) is 16.4. The summed E-state index contributed by atoms with van der Waals surface area (Å²) in [6, 6.07) is 11.5. The second-order valence-corrected chi connectivity index (χ2v) is 4.94. The summed E-state index contributed by atoms with van der Waals surface area (Å²) in [4.78, 5) is 0. The first-order chi connectivity index (χ1) is 8.29.